The highest BCUT2D eigenvalue weighted by atomic mass is 35.5. The number of halogens is 8. The van der Waals surface area contributed by atoms with Crippen LogP contribution in [0.3, 0.4) is 0 Å². The van der Waals surface area contributed by atoms with Crippen LogP contribution in [0.5, 0.6) is 11.8 Å². The van der Waals surface area contributed by atoms with Gasteiger partial charge in [0.05, 0.1) is 47.9 Å². The molecule has 486 valence electrons. The molecule has 0 bridgehead atoms. The zero-order valence-corrected chi connectivity index (χ0v) is 53.3. The van der Waals surface area contributed by atoms with Crippen molar-refractivity contribution < 1.29 is 67.9 Å². The summed E-state index contributed by atoms with van der Waals surface area (Å²) in [6.45, 7) is 10.1. The molecule has 23 heteroatoms. The van der Waals surface area contributed by atoms with E-state index in [1.165, 1.54) is 54.4 Å². The number of carbonyl (C=O) groups is 3. The van der Waals surface area contributed by atoms with Crippen LogP contribution in [-0.4, -0.2) is 96.6 Å². The number of aryl methyl sites for hydroxylation is 1. The second kappa shape index (κ2) is 34.5. The van der Waals surface area contributed by atoms with Gasteiger partial charge >= 0.3 is 12.2 Å². The molecular formula is C65H88Cl2F6N8O7. The number of nitrogens with zero attached hydrogens (tertiary/aromatic N) is 8. The second-order valence-corrected chi connectivity index (χ2v) is 24.6. The molecule has 9 rings (SSSR count). The Morgan fingerprint density at radius 3 is 1.40 bits per heavy atom. The van der Waals surface area contributed by atoms with Crippen LogP contribution in [0.15, 0.2) is 71.8 Å². The molecule has 3 aromatic carbocycles. The minimum absolute atomic E-state index is 0. The quantitative estimate of drug-likeness (QED) is 0.0582. The van der Waals surface area contributed by atoms with Crippen molar-refractivity contribution in [2.24, 2.45) is 22.9 Å². The average molecular weight is 1280 g/mol. The Bertz CT molecular complexity index is 3350. The van der Waals surface area contributed by atoms with Crippen LogP contribution >= 0.6 is 24.0 Å². The van der Waals surface area contributed by atoms with Gasteiger partial charge in [-0.05, 0) is 159 Å². The predicted molar refractivity (Wildman–Crippen MR) is 329 cm³/mol. The van der Waals surface area contributed by atoms with Crippen LogP contribution in [0.2, 0.25) is 0 Å². The van der Waals surface area contributed by atoms with Gasteiger partial charge in [0.2, 0.25) is 17.7 Å². The number of aromatic nitrogens is 4. The van der Waals surface area contributed by atoms with Crippen molar-refractivity contribution in [1.82, 2.24) is 34.4 Å². The van der Waals surface area contributed by atoms with Crippen LogP contribution in [-0.2, 0) is 59.3 Å². The minimum Gasteiger partial charge on any atom is -0.473 e. The van der Waals surface area contributed by atoms with Gasteiger partial charge in [-0.3, -0.25) is 4.79 Å². The van der Waals surface area contributed by atoms with Crippen LogP contribution < -0.4 is 9.47 Å². The Kier molecular flexibility index (Phi) is 24.7. The van der Waals surface area contributed by atoms with E-state index in [2.05, 4.69) is 15.3 Å². The highest BCUT2D eigenvalue weighted by Crippen LogP contribution is 2.31. The van der Waals surface area contributed by atoms with Crippen molar-refractivity contribution in [3.05, 3.63) is 130 Å². The van der Waals surface area contributed by atoms with Crippen LogP contribution in [0, 0.1) is 52.7 Å². The molecule has 88 heavy (non-hydrogen) atoms. The van der Waals surface area contributed by atoms with E-state index in [1.807, 2.05) is 27.7 Å². The fourth-order valence-corrected chi connectivity index (χ4v) is 10.3. The van der Waals surface area contributed by atoms with Gasteiger partial charge in [-0.15, -0.1) is 24.0 Å². The summed E-state index contributed by atoms with van der Waals surface area (Å²) in [4.78, 5) is 39.1. The van der Waals surface area contributed by atoms with Crippen molar-refractivity contribution in [1.29, 1.82) is 0 Å². The van der Waals surface area contributed by atoms with E-state index in [0.29, 0.717) is 49.5 Å². The van der Waals surface area contributed by atoms with Crippen molar-refractivity contribution in [2.45, 2.75) is 195 Å². The predicted octanol–water partition coefficient (Wildman–Crippen LogP) is 15.9. The second-order valence-electron chi connectivity index (χ2n) is 24.4. The molecule has 5 aromatic rings. The summed E-state index contributed by atoms with van der Waals surface area (Å²) in [5.41, 5.74) is -0.630. The third-order valence-electron chi connectivity index (χ3n) is 14.4. The maximum absolute atomic E-state index is 14.2. The number of hydrogen-bond donors (Lipinski definition) is 0. The third kappa shape index (κ3) is 24.1. The Morgan fingerprint density at radius 1 is 0.602 bits per heavy atom. The smallest absolute Gasteiger partial charge is 0.410 e. The zero-order chi connectivity index (χ0) is 68.8. The van der Waals surface area contributed by atoms with E-state index in [1.54, 1.807) is 55.3 Å². The van der Waals surface area contributed by atoms with Gasteiger partial charge in [-0.1, -0.05) is 51.9 Å². The van der Waals surface area contributed by atoms with Crippen molar-refractivity contribution in [2.75, 3.05) is 27.2 Å². The van der Waals surface area contributed by atoms with Crippen molar-refractivity contribution in [3.63, 3.8) is 0 Å². The van der Waals surface area contributed by atoms with E-state index in [0.717, 1.165) is 124 Å². The lowest BCUT2D eigenvalue weighted by Crippen LogP contribution is -2.37. The molecule has 4 aliphatic rings. The van der Waals surface area contributed by atoms with Gasteiger partial charge in [0.15, 0.2) is 0 Å². The lowest BCUT2D eigenvalue weighted by molar-refractivity contribution is -0.129. The summed E-state index contributed by atoms with van der Waals surface area (Å²) in [5.74, 6) is -5.34. The van der Waals surface area contributed by atoms with Crippen LogP contribution in [0.4, 0.5) is 35.9 Å². The summed E-state index contributed by atoms with van der Waals surface area (Å²) >= 11 is 5.16. The molecule has 0 atom stereocenters. The summed E-state index contributed by atoms with van der Waals surface area (Å²) < 4.78 is 152. The van der Waals surface area contributed by atoms with Crippen LogP contribution in [0.25, 0.3) is 0 Å². The number of carbonyl (C=O) groups excluding carboxylic acids is 3. The lowest BCUT2D eigenvalue weighted by Gasteiger charge is -2.24. The largest absolute Gasteiger partial charge is 0.473 e. The summed E-state index contributed by atoms with van der Waals surface area (Å²) in [6, 6.07) is 11.0. The molecule has 0 spiro atoms. The Hall–Kier alpha value is -6.48. The fourth-order valence-electron chi connectivity index (χ4n) is 10.1. The topological polar surface area (TPSA) is 146 Å². The molecule has 3 fully saturated rings. The van der Waals surface area contributed by atoms with Gasteiger partial charge in [-0.25, -0.2) is 50.3 Å². The van der Waals surface area contributed by atoms with E-state index in [-0.39, 0.29) is 36.6 Å². The molecule has 3 aliphatic carbocycles. The summed E-state index contributed by atoms with van der Waals surface area (Å²) in [7, 11) is 3.24. The van der Waals surface area contributed by atoms with Gasteiger partial charge in [0.1, 0.15) is 59.2 Å². The van der Waals surface area contributed by atoms with Crippen molar-refractivity contribution in [3.8, 4) is 11.8 Å². The number of alkyl halides is 1. The minimum atomic E-state index is -2.63. The SMILES string of the molecule is CN(CC1=NN(CC2CCCC2)C(=O)C1)C(=O)OC(C)(C)C.Cl.[2H]C([2H])(Cl)c1cc(F)ccc1F.[2H]C([2H])(Oc1cc(CCC)nn1CC1CCCC1)c1cc(F)ccc1F.[2H]C([2H])(Oc1cc(CN(C)C(=O)OC(C)(C)C)nn1CC1CCCC1)c1cc(F)ccc1F. The van der Waals surface area contributed by atoms with E-state index in [9.17, 15) is 40.7 Å². The first-order chi connectivity index (χ1) is 43.4. The molecule has 0 unspecified atom stereocenters. The average Bonchev–Trinajstić information content (AvgIpc) is 1.40. The molecule has 0 N–H and O–H groups in total. The molecule has 3 heterocycles. The first-order valence-corrected chi connectivity index (χ1v) is 30.1. The third-order valence-corrected chi connectivity index (χ3v) is 14.6. The molecule has 0 saturated heterocycles. The number of ether oxygens (including phenoxy) is 4. The first kappa shape index (κ1) is 63.1. The monoisotopic (exact) mass is 1280 g/mol. The highest BCUT2D eigenvalue weighted by Gasteiger charge is 2.30. The molecule has 3 amide bonds. The molecule has 2 aromatic heterocycles. The molecule has 3 saturated carbocycles. The van der Waals surface area contributed by atoms with E-state index >= 15 is 0 Å². The van der Waals surface area contributed by atoms with Gasteiger partial charge in [-0.2, -0.15) is 15.3 Å². The Labute approximate surface area is 534 Å². The molecule has 15 nitrogen and oxygen atoms in total. The maximum atomic E-state index is 14.2. The number of benzene rings is 3. The number of amides is 3. The first-order valence-electron chi connectivity index (χ1n) is 32.7. The number of rotatable bonds is 19. The van der Waals surface area contributed by atoms with Gasteiger partial charge in [0.25, 0.3) is 0 Å². The van der Waals surface area contributed by atoms with E-state index < -0.39 is 93.9 Å². The highest BCUT2D eigenvalue weighted by molar-refractivity contribution is 6.17. The summed E-state index contributed by atoms with van der Waals surface area (Å²) in [6.07, 6.45) is 14.8. The normalized spacial score (nSPS) is 16.8. The Morgan fingerprint density at radius 2 is 0.989 bits per heavy atom. The van der Waals surface area contributed by atoms with E-state index in [4.69, 9.17) is 38.8 Å². The molecule has 0 radical (unpaired) electrons. The molecule has 1 aliphatic heterocycles. The lowest BCUT2D eigenvalue weighted by atomic mass is 10.1. The summed E-state index contributed by atoms with van der Waals surface area (Å²) in [5, 5.41) is 15.1. The standard InChI is InChI=1S/C23H31F2N3O3.C19H24F2N2O.C16H27N3O3.C7H5ClF2.ClH/c1-23(2,3)31-22(29)27(4)14-19-12-21(28(26-19)13-16-7-5-6-8-16)30-15-17-11-18(24)9-10-20(17)25;1-2-5-17-11-19(23(22-17)12-14-6-3-4-7-14)24-13-15-10-16(20)8-9-18(15)21;1-16(2,3)22-15(21)18(4)11-13-9-14(20)19(17-13)10-12-7-5-6-8-12;8-4-5-3-6(9)1-2-7(5)10;/h9-12,16H,5-8,13-15H2,1-4H3;8-11,14H,2-7,12-13H2,1H3;12H,5-11H2,1-4H3;1-3H,4H2;1H/i15D2;13D2;;4D2;. The number of hydrazone groups is 1. The van der Waals surface area contributed by atoms with Crippen molar-refractivity contribution >= 4 is 47.8 Å². The van der Waals surface area contributed by atoms with Gasteiger partial charge in [0, 0.05) is 65.3 Å². The maximum Gasteiger partial charge on any atom is 0.410 e. The molecular weight excluding hydrogens is 1190 g/mol. The van der Waals surface area contributed by atoms with Crippen LogP contribution in [0.1, 0.15) is 175 Å². The fraction of sp³-hybridized carbons (Fsp3) is 0.569. The number of hydrogen-bond acceptors (Lipinski definition) is 10. The van der Waals surface area contributed by atoms with Gasteiger partial charge < -0.3 is 28.7 Å². The zero-order valence-electron chi connectivity index (χ0n) is 57.7. The Balaban J connectivity index is 0.000000237.